The Hall–Kier alpha value is -0.570. The van der Waals surface area contributed by atoms with Crippen molar-refractivity contribution < 1.29 is 4.79 Å². The van der Waals surface area contributed by atoms with Gasteiger partial charge in [-0.25, -0.2) is 0 Å². The van der Waals surface area contributed by atoms with E-state index >= 15 is 0 Å². The molecular weight excluding hydrogens is 200 g/mol. The van der Waals surface area contributed by atoms with Crippen LogP contribution in [0.5, 0.6) is 0 Å². The second kappa shape index (κ2) is 12.5. The molecule has 96 valence electrons. The summed E-state index contributed by atoms with van der Waals surface area (Å²) in [7, 11) is 0. The van der Waals surface area contributed by atoms with Gasteiger partial charge in [0, 0.05) is 13.0 Å². The summed E-state index contributed by atoms with van der Waals surface area (Å²) in [5, 5.41) is 3.23. The van der Waals surface area contributed by atoms with Crippen LogP contribution in [0.1, 0.15) is 64.7 Å². The smallest absolute Gasteiger partial charge is 0.218 e. The molecule has 0 aromatic heterocycles. The summed E-state index contributed by atoms with van der Waals surface area (Å²) < 4.78 is 0. The van der Waals surface area contributed by atoms with Crippen LogP contribution >= 0.6 is 0 Å². The molecule has 0 aromatic carbocycles. The van der Waals surface area contributed by atoms with Crippen LogP contribution in [0.2, 0.25) is 0 Å². The van der Waals surface area contributed by atoms with Gasteiger partial charge in [0.1, 0.15) is 0 Å². The van der Waals surface area contributed by atoms with E-state index in [-0.39, 0.29) is 5.91 Å². The van der Waals surface area contributed by atoms with Crippen molar-refractivity contribution in [3.05, 3.63) is 0 Å². The average Bonchev–Trinajstić information content (AvgIpc) is 2.25. The van der Waals surface area contributed by atoms with Crippen LogP contribution in [0.4, 0.5) is 0 Å². The summed E-state index contributed by atoms with van der Waals surface area (Å²) in [5.74, 6) is -0.219. The molecule has 0 unspecified atom stereocenters. The zero-order chi connectivity index (χ0) is 12.1. The standard InChI is InChI=1S/C13H28N2O/c1-2-3-4-5-6-7-8-9-11-15-12-10-13(14)16/h15H,2-12H2,1H3,(H2,14,16). The van der Waals surface area contributed by atoms with E-state index in [0.29, 0.717) is 6.42 Å². The van der Waals surface area contributed by atoms with Crippen molar-refractivity contribution in [3.63, 3.8) is 0 Å². The lowest BCUT2D eigenvalue weighted by Crippen LogP contribution is -2.22. The van der Waals surface area contributed by atoms with Gasteiger partial charge in [-0.2, -0.15) is 0 Å². The first-order chi connectivity index (χ1) is 7.77. The van der Waals surface area contributed by atoms with E-state index in [4.69, 9.17) is 5.73 Å². The predicted octanol–water partition coefficient (Wildman–Crippen LogP) is 2.59. The Kier molecular flexibility index (Phi) is 12.1. The van der Waals surface area contributed by atoms with Crippen LogP contribution in [-0.2, 0) is 4.79 Å². The molecule has 0 aromatic rings. The van der Waals surface area contributed by atoms with Crippen LogP contribution in [0.3, 0.4) is 0 Å². The lowest BCUT2D eigenvalue weighted by atomic mass is 10.1. The third-order valence-corrected chi connectivity index (χ3v) is 2.76. The zero-order valence-electron chi connectivity index (χ0n) is 10.8. The van der Waals surface area contributed by atoms with Crippen molar-refractivity contribution in [2.75, 3.05) is 13.1 Å². The number of unbranched alkanes of at least 4 members (excludes halogenated alkanes) is 7. The van der Waals surface area contributed by atoms with E-state index in [1.807, 2.05) is 0 Å². The van der Waals surface area contributed by atoms with Gasteiger partial charge < -0.3 is 11.1 Å². The minimum absolute atomic E-state index is 0.219. The maximum atomic E-state index is 10.4. The number of rotatable bonds is 12. The number of hydrogen-bond acceptors (Lipinski definition) is 2. The molecule has 0 bridgehead atoms. The van der Waals surface area contributed by atoms with E-state index in [1.165, 1.54) is 51.4 Å². The maximum Gasteiger partial charge on any atom is 0.218 e. The van der Waals surface area contributed by atoms with Crippen molar-refractivity contribution in [1.82, 2.24) is 5.32 Å². The topological polar surface area (TPSA) is 55.1 Å². The van der Waals surface area contributed by atoms with E-state index < -0.39 is 0 Å². The molecule has 3 heteroatoms. The van der Waals surface area contributed by atoms with E-state index in [9.17, 15) is 4.79 Å². The number of hydrogen-bond donors (Lipinski definition) is 2. The summed E-state index contributed by atoms with van der Waals surface area (Å²) in [6.45, 7) is 3.99. The molecule has 0 spiro atoms. The molecule has 0 aliphatic heterocycles. The monoisotopic (exact) mass is 228 g/mol. The van der Waals surface area contributed by atoms with Crippen molar-refractivity contribution in [2.45, 2.75) is 64.7 Å². The third kappa shape index (κ3) is 13.4. The molecule has 1 amide bonds. The first-order valence-electron chi connectivity index (χ1n) is 6.76. The summed E-state index contributed by atoms with van der Waals surface area (Å²) in [6, 6.07) is 0. The minimum atomic E-state index is -0.219. The van der Waals surface area contributed by atoms with Gasteiger partial charge in [0.15, 0.2) is 0 Å². The van der Waals surface area contributed by atoms with Crippen LogP contribution < -0.4 is 11.1 Å². The fourth-order valence-electron chi connectivity index (χ4n) is 1.72. The lowest BCUT2D eigenvalue weighted by Gasteiger charge is -2.03. The first kappa shape index (κ1) is 15.4. The van der Waals surface area contributed by atoms with E-state index in [0.717, 1.165) is 13.1 Å². The van der Waals surface area contributed by atoms with Crippen molar-refractivity contribution in [1.29, 1.82) is 0 Å². The van der Waals surface area contributed by atoms with E-state index in [2.05, 4.69) is 12.2 Å². The number of nitrogens with one attached hydrogen (secondary N) is 1. The van der Waals surface area contributed by atoms with Gasteiger partial charge in [-0.15, -0.1) is 0 Å². The number of carbonyl (C=O) groups is 1. The number of amides is 1. The first-order valence-corrected chi connectivity index (χ1v) is 6.76. The van der Waals surface area contributed by atoms with Gasteiger partial charge in [-0.1, -0.05) is 51.9 Å². The quantitative estimate of drug-likeness (QED) is 0.504. The Morgan fingerprint density at radius 2 is 1.50 bits per heavy atom. The lowest BCUT2D eigenvalue weighted by molar-refractivity contribution is -0.117. The highest BCUT2D eigenvalue weighted by Gasteiger charge is 1.94. The van der Waals surface area contributed by atoms with Gasteiger partial charge >= 0.3 is 0 Å². The zero-order valence-corrected chi connectivity index (χ0v) is 10.8. The Bertz CT molecular complexity index is 160. The van der Waals surface area contributed by atoms with Gasteiger partial charge in [0.05, 0.1) is 0 Å². The van der Waals surface area contributed by atoms with Crippen LogP contribution in [0.25, 0.3) is 0 Å². The average molecular weight is 228 g/mol. The normalized spacial score (nSPS) is 10.6. The Labute approximate surface area is 100 Å². The van der Waals surface area contributed by atoms with Gasteiger partial charge in [-0.05, 0) is 13.0 Å². The molecule has 3 nitrogen and oxygen atoms in total. The van der Waals surface area contributed by atoms with Crippen LogP contribution in [0, 0.1) is 0 Å². The fourth-order valence-corrected chi connectivity index (χ4v) is 1.72. The van der Waals surface area contributed by atoms with E-state index in [1.54, 1.807) is 0 Å². The Morgan fingerprint density at radius 3 is 2.06 bits per heavy atom. The third-order valence-electron chi connectivity index (χ3n) is 2.76. The summed E-state index contributed by atoms with van der Waals surface area (Å²) in [4.78, 5) is 10.4. The largest absolute Gasteiger partial charge is 0.370 e. The highest BCUT2D eigenvalue weighted by molar-refractivity contribution is 5.73. The second-order valence-corrected chi connectivity index (χ2v) is 4.44. The number of nitrogens with two attached hydrogens (primary N) is 1. The molecule has 0 saturated heterocycles. The van der Waals surface area contributed by atoms with Crippen molar-refractivity contribution in [3.8, 4) is 0 Å². The SMILES string of the molecule is CCCCCCCCCCNCCC(N)=O. The second-order valence-electron chi connectivity index (χ2n) is 4.44. The summed E-state index contributed by atoms with van der Waals surface area (Å²) >= 11 is 0. The van der Waals surface area contributed by atoms with Crippen LogP contribution in [-0.4, -0.2) is 19.0 Å². The Balaban J connectivity index is 2.90. The molecular formula is C13H28N2O. The molecule has 0 saturated carbocycles. The molecule has 16 heavy (non-hydrogen) atoms. The van der Waals surface area contributed by atoms with Gasteiger partial charge in [0.25, 0.3) is 0 Å². The Morgan fingerprint density at radius 1 is 0.938 bits per heavy atom. The highest BCUT2D eigenvalue weighted by Crippen LogP contribution is 2.07. The number of primary amides is 1. The molecule has 0 heterocycles. The predicted molar refractivity (Wildman–Crippen MR) is 69.3 cm³/mol. The fraction of sp³-hybridized carbons (Fsp3) is 0.923. The minimum Gasteiger partial charge on any atom is -0.370 e. The highest BCUT2D eigenvalue weighted by atomic mass is 16.1. The van der Waals surface area contributed by atoms with Crippen LogP contribution in [0.15, 0.2) is 0 Å². The molecule has 0 fully saturated rings. The molecule has 0 radical (unpaired) electrons. The molecule has 0 atom stereocenters. The van der Waals surface area contributed by atoms with Gasteiger partial charge in [-0.3, -0.25) is 4.79 Å². The van der Waals surface area contributed by atoms with Crippen molar-refractivity contribution >= 4 is 5.91 Å². The molecule has 0 aliphatic carbocycles. The summed E-state index contributed by atoms with van der Waals surface area (Å²) in [6.07, 6.45) is 11.2. The number of carbonyl (C=O) groups excluding carboxylic acids is 1. The van der Waals surface area contributed by atoms with Crippen molar-refractivity contribution in [2.24, 2.45) is 5.73 Å². The van der Waals surface area contributed by atoms with Gasteiger partial charge in [0.2, 0.25) is 5.91 Å². The molecule has 0 aliphatic rings. The molecule has 3 N–H and O–H groups in total. The molecule has 0 rings (SSSR count). The summed E-state index contributed by atoms with van der Waals surface area (Å²) in [5.41, 5.74) is 5.03. The maximum absolute atomic E-state index is 10.4.